The molecule has 0 saturated heterocycles. The van der Waals surface area contributed by atoms with Crippen molar-refractivity contribution in [2.75, 3.05) is 6.54 Å². The van der Waals surface area contributed by atoms with E-state index in [1.54, 1.807) is 27.7 Å². The Morgan fingerprint density at radius 1 is 1.24 bits per heavy atom. The maximum atomic E-state index is 13.7. The molecule has 0 fully saturated rings. The number of aromatic nitrogens is 2. The van der Waals surface area contributed by atoms with Crippen LogP contribution in [0.2, 0.25) is 5.02 Å². The molecule has 3 aromatic rings. The van der Waals surface area contributed by atoms with E-state index in [1.165, 1.54) is 6.08 Å². The summed E-state index contributed by atoms with van der Waals surface area (Å²) >= 11 is 6.21. The lowest BCUT2D eigenvalue weighted by molar-refractivity contribution is -0.130. The van der Waals surface area contributed by atoms with E-state index in [0.717, 1.165) is 5.56 Å². The van der Waals surface area contributed by atoms with Gasteiger partial charge in [-0.25, -0.2) is 4.98 Å². The van der Waals surface area contributed by atoms with Crippen molar-refractivity contribution in [1.29, 1.82) is 0 Å². The van der Waals surface area contributed by atoms with Gasteiger partial charge in [0.05, 0.1) is 23.5 Å². The number of amides is 1. The van der Waals surface area contributed by atoms with E-state index in [2.05, 4.69) is 6.58 Å². The summed E-state index contributed by atoms with van der Waals surface area (Å²) < 4.78 is 1.66. The Morgan fingerprint density at radius 2 is 1.91 bits per heavy atom. The molecule has 0 radical (unpaired) electrons. The molecule has 1 unspecified atom stereocenters. The van der Waals surface area contributed by atoms with E-state index >= 15 is 0 Å². The first-order chi connectivity index (χ1) is 15.5. The number of rotatable bonds is 8. The Labute approximate surface area is 199 Å². The molecule has 0 aliphatic rings. The van der Waals surface area contributed by atoms with Gasteiger partial charge in [0.15, 0.2) is 0 Å². The third-order valence-electron chi connectivity index (χ3n) is 5.40. The molecule has 2 aromatic carbocycles. The van der Waals surface area contributed by atoms with E-state index in [1.807, 2.05) is 58.0 Å². The van der Waals surface area contributed by atoms with E-state index in [9.17, 15) is 9.59 Å². The zero-order valence-electron chi connectivity index (χ0n) is 19.6. The number of fused-ring (bicyclic) bond motifs is 1. The third kappa shape index (κ3) is 5.70. The predicted octanol–water partition coefficient (Wildman–Crippen LogP) is 4.55. The highest BCUT2D eigenvalue weighted by Crippen LogP contribution is 2.30. The molecule has 6 nitrogen and oxygen atoms in total. The average molecular weight is 467 g/mol. The zero-order chi connectivity index (χ0) is 24.3. The first-order valence-electron chi connectivity index (χ1n) is 11.0. The van der Waals surface area contributed by atoms with Gasteiger partial charge in [0.1, 0.15) is 5.82 Å². The molecule has 0 saturated carbocycles. The fourth-order valence-electron chi connectivity index (χ4n) is 4.02. The standard InChI is InChI=1S/C26H31ClN4O2/c1-6-22(32)31(16-26(4,5)28)23(17(2)3)24-29-21-14-19(27)12-13-20(21)25(33)30(24)15-18-10-8-7-9-11-18/h6-14,17,23H,1,15-16,28H2,2-5H3. The van der Waals surface area contributed by atoms with Crippen molar-refractivity contribution in [2.45, 2.75) is 45.8 Å². The molecule has 1 aromatic heterocycles. The highest BCUT2D eigenvalue weighted by atomic mass is 35.5. The SMILES string of the molecule is C=CC(=O)N(CC(C)(C)N)C(c1nc2cc(Cl)ccc2c(=O)n1Cc1ccccc1)C(C)C. The topological polar surface area (TPSA) is 81.2 Å². The van der Waals surface area contributed by atoms with Crippen molar-refractivity contribution in [3.8, 4) is 0 Å². The molecular weight excluding hydrogens is 436 g/mol. The minimum Gasteiger partial charge on any atom is -0.327 e. The molecule has 0 spiro atoms. The summed E-state index contributed by atoms with van der Waals surface area (Å²) in [6.07, 6.45) is 1.28. The summed E-state index contributed by atoms with van der Waals surface area (Å²) in [5.41, 5.74) is 6.93. The summed E-state index contributed by atoms with van der Waals surface area (Å²) in [6.45, 7) is 12.0. The molecule has 1 amide bonds. The molecular formula is C26H31ClN4O2. The summed E-state index contributed by atoms with van der Waals surface area (Å²) in [5, 5.41) is 0.965. The minimum atomic E-state index is -0.656. The van der Waals surface area contributed by atoms with Gasteiger partial charge in [0.25, 0.3) is 5.56 Å². The second-order valence-corrected chi connectivity index (χ2v) is 9.79. The van der Waals surface area contributed by atoms with Crippen LogP contribution in [0.3, 0.4) is 0 Å². The number of carbonyl (C=O) groups is 1. The molecule has 2 N–H and O–H groups in total. The van der Waals surface area contributed by atoms with Crippen molar-refractivity contribution in [2.24, 2.45) is 11.7 Å². The largest absolute Gasteiger partial charge is 0.327 e. The highest BCUT2D eigenvalue weighted by molar-refractivity contribution is 6.31. The van der Waals surface area contributed by atoms with Gasteiger partial charge >= 0.3 is 0 Å². The number of nitrogens with zero attached hydrogens (tertiary/aromatic N) is 3. The lowest BCUT2D eigenvalue weighted by Gasteiger charge is -2.38. The highest BCUT2D eigenvalue weighted by Gasteiger charge is 2.33. The fourth-order valence-corrected chi connectivity index (χ4v) is 4.19. The predicted molar refractivity (Wildman–Crippen MR) is 134 cm³/mol. The van der Waals surface area contributed by atoms with Gasteiger partial charge < -0.3 is 10.6 Å². The van der Waals surface area contributed by atoms with Crippen molar-refractivity contribution < 1.29 is 4.79 Å². The van der Waals surface area contributed by atoms with Gasteiger partial charge in [-0.3, -0.25) is 14.2 Å². The van der Waals surface area contributed by atoms with Crippen LogP contribution in [0.25, 0.3) is 10.9 Å². The van der Waals surface area contributed by atoms with E-state index in [-0.39, 0.29) is 23.9 Å². The Morgan fingerprint density at radius 3 is 2.48 bits per heavy atom. The van der Waals surface area contributed by atoms with Gasteiger partial charge in [-0.15, -0.1) is 0 Å². The van der Waals surface area contributed by atoms with Gasteiger partial charge in [-0.2, -0.15) is 0 Å². The lowest BCUT2D eigenvalue weighted by Crippen LogP contribution is -2.50. The van der Waals surface area contributed by atoms with Crippen LogP contribution < -0.4 is 11.3 Å². The minimum absolute atomic E-state index is 0.0539. The van der Waals surface area contributed by atoms with Gasteiger partial charge in [-0.1, -0.05) is 62.4 Å². The summed E-state index contributed by atoms with van der Waals surface area (Å²) in [5.74, 6) is 0.175. The Balaban J connectivity index is 2.31. The quantitative estimate of drug-likeness (QED) is 0.494. The van der Waals surface area contributed by atoms with Crippen LogP contribution in [-0.2, 0) is 11.3 Å². The maximum Gasteiger partial charge on any atom is 0.261 e. The van der Waals surface area contributed by atoms with Crippen LogP contribution in [0.4, 0.5) is 0 Å². The summed E-state index contributed by atoms with van der Waals surface area (Å²) in [4.78, 5) is 33.2. The van der Waals surface area contributed by atoms with Crippen LogP contribution in [0.1, 0.15) is 45.1 Å². The Kier molecular flexibility index (Phi) is 7.40. The van der Waals surface area contributed by atoms with E-state index in [4.69, 9.17) is 22.3 Å². The molecule has 3 rings (SSSR count). The zero-order valence-corrected chi connectivity index (χ0v) is 20.3. The monoisotopic (exact) mass is 466 g/mol. The van der Waals surface area contributed by atoms with Crippen LogP contribution in [0.5, 0.6) is 0 Å². The summed E-state index contributed by atoms with van der Waals surface area (Å²) in [7, 11) is 0. The second kappa shape index (κ2) is 9.89. The number of nitrogens with two attached hydrogens (primary N) is 1. The molecule has 7 heteroatoms. The number of hydrogen-bond donors (Lipinski definition) is 1. The average Bonchev–Trinajstić information content (AvgIpc) is 2.74. The molecule has 0 aliphatic heterocycles. The Bertz CT molecular complexity index is 1210. The van der Waals surface area contributed by atoms with Crippen molar-refractivity contribution >= 4 is 28.4 Å². The number of benzene rings is 2. The molecule has 0 aliphatic carbocycles. The van der Waals surface area contributed by atoms with Crippen LogP contribution in [0, 0.1) is 5.92 Å². The first kappa shape index (κ1) is 24.7. The molecule has 1 atom stereocenters. The smallest absolute Gasteiger partial charge is 0.261 e. The number of hydrogen-bond acceptors (Lipinski definition) is 4. The van der Waals surface area contributed by atoms with Gasteiger partial charge in [0.2, 0.25) is 5.91 Å². The first-order valence-corrected chi connectivity index (χ1v) is 11.4. The van der Waals surface area contributed by atoms with Crippen molar-refractivity contribution in [1.82, 2.24) is 14.5 Å². The van der Waals surface area contributed by atoms with Crippen LogP contribution >= 0.6 is 11.6 Å². The van der Waals surface area contributed by atoms with Gasteiger partial charge in [0, 0.05) is 17.1 Å². The van der Waals surface area contributed by atoms with Gasteiger partial charge in [-0.05, 0) is 49.6 Å². The molecule has 0 bridgehead atoms. The van der Waals surface area contributed by atoms with Crippen molar-refractivity contribution in [3.63, 3.8) is 0 Å². The number of carbonyl (C=O) groups excluding carboxylic acids is 1. The van der Waals surface area contributed by atoms with Crippen LogP contribution in [0.15, 0.2) is 66.0 Å². The van der Waals surface area contributed by atoms with E-state index in [0.29, 0.717) is 28.3 Å². The van der Waals surface area contributed by atoms with Crippen molar-refractivity contribution in [3.05, 3.63) is 88.0 Å². The number of halogens is 1. The Hall–Kier alpha value is -2.96. The maximum absolute atomic E-state index is 13.7. The third-order valence-corrected chi connectivity index (χ3v) is 5.63. The summed E-state index contributed by atoms with van der Waals surface area (Å²) in [6, 6.07) is 14.3. The molecule has 33 heavy (non-hydrogen) atoms. The molecule has 174 valence electrons. The van der Waals surface area contributed by atoms with E-state index < -0.39 is 11.6 Å². The van der Waals surface area contributed by atoms with Crippen LogP contribution in [-0.4, -0.2) is 32.4 Å². The normalized spacial score (nSPS) is 12.7. The molecule has 1 heterocycles. The second-order valence-electron chi connectivity index (χ2n) is 9.36. The lowest BCUT2D eigenvalue weighted by atomic mass is 9.97. The fraction of sp³-hybridized carbons (Fsp3) is 0.346.